The van der Waals surface area contributed by atoms with E-state index < -0.39 is 0 Å². The molecule has 0 heterocycles. The quantitative estimate of drug-likeness (QED) is 0.775. The van der Waals surface area contributed by atoms with Gasteiger partial charge in [0.15, 0.2) is 11.5 Å². The van der Waals surface area contributed by atoms with Crippen LogP contribution < -0.4 is 14.8 Å². The molecule has 0 saturated heterocycles. The Morgan fingerprint density at radius 3 is 2.26 bits per heavy atom. The molecule has 0 aliphatic heterocycles. The molecule has 3 nitrogen and oxygen atoms in total. The number of benzene rings is 1. The number of methoxy groups -OCH3 is 2. The van der Waals surface area contributed by atoms with Gasteiger partial charge in [-0.3, -0.25) is 0 Å². The zero-order chi connectivity index (χ0) is 14.3. The molecule has 0 aliphatic carbocycles. The highest BCUT2D eigenvalue weighted by atomic mass is 16.5. The van der Waals surface area contributed by atoms with Crippen molar-refractivity contribution < 1.29 is 9.47 Å². The van der Waals surface area contributed by atoms with Crippen LogP contribution in [0.15, 0.2) is 18.2 Å². The summed E-state index contributed by atoms with van der Waals surface area (Å²) in [5, 5.41) is 3.55. The lowest BCUT2D eigenvalue weighted by atomic mass is 9.97. The molecule has 1 aromatic carbocycles. The van der Waals surface area contributed by atoms with Gasteiger partial charge in [0, 0.05) is 6.04 Å². The van der Waals surface area contributed by atoms with Gasteiger partial charge in [-0.2, -0.15) is 0 Å². The molecule has 3 heteroatoms. The number of rotatable bonds is 8. The average Bonchev–Trinajstić information content (AvgIpc) is 2.42. The molecule has 0 amide bonds. The third-order valence-electron chi connectivity index (χ3n) is 3.29. The van der Waals surface area contributed by atoms with Gasteiger partial charge in [-0.1, -0.05) is 26.8 Å². The van der Waals surface area contributed by atoms with E-state index in [0.29, 0.717) is 6.04 Å². The van der Waals surface area contributed by atoms with Crippen LogP contribution in [0.4, 0.5) is 0 Å². The average molecular weight is 265 g/mol. The van der Waals surface area contributed by atoms with Gasteiger partial charge in [-0.15, -0.1) is 0 Å². The highest BCUT2D eigenvalue weighted by Crippen LogP contribution is 2.31. The van der Waals surface area contributed by atoms with E-state index in [9.17, 15) is 0 Å². The smallest absolute Gasteiger partial charge is 0.161 e. The molecule has 108 valence electrons. The maximum absolute atomic E-state index is 5.38. The monoisotopic (exact) mass is 265 g/mol. The van der Waals surface area contributed by atoms with Crippen LogP contribution >= 0.6 is 0 Å². The van der Waals surface area contributed by atoms with Crippen molar-refractivity contribution in [3.63, 3.8) is 0 Å². The van der Waals surface area contributed by atoms with Crippen LogP contribution in [0.5, 0.6) is 11.5 Å². The molecule has 0 bridgehead atoms. The summed E-state index contributed by atoms with van der Waals surface area (Å²) >= 11 is 0. The van der Waals surface area contributed by atoms with Crippen molar-refractivity contribution in [1.82, 2.24) is 5.32 Å². The predicted octanol–water partition coefficient (Wildman–Crippen LogP) is 3.79. The minimum atomic E-state index is 0.382. The SMILES string of the molecule is CCNC(CCC(C)C)c1ccc(OC)c(OC)c1. The zero-order valence-corrected chi connectivity index (χ0v) is 12.8. The van der Waals surface area contributed by atoms with E-state index in [1.54, 1.807) is 14.2 Å². The van der Waals surface area contributed by atoms with Gasteiger partial charge in [-0.25, -0.2) is 0 Å². The molecule has 0 radical (unpaired) electrons. The lowest BCUT2D eigenvalue weighted by Gasteiger charge is -2.20. The van der Waals surface area contributed by atoms with Gasteiger partial charge in [0.05, 0.1) is 14.2 Å². The van der Waals surface area contributed by atoms with Crippen LogP contribution in [0.2, 0.25) is 0 Å². The van der Waals surface area contributed by atoms with Crippen molar-refractivity contribution >= 4 is 0 Å². The molecule has 1 aromatic rings. The van der Waals surface area contributed by atoms with Gasteiger partial charge in [0.25, 0.3) is 0 Å². The summed E-state index contributed by atoms with van der Waals surface area (Å²) in [6.45, 7) is 7.63. The molecular formula is C16H27NO2. The van der Waals surface area contributed by atoms with Crippen molar-refractivity contribution in [2.24, 2.45) is 5.92 Å². The Balaban J connectivity index is 2.88. The Labute approximate surface area is 117 Å². The van der Waals surface area contributed by atoms with Crippen LogP contribution in [-0.4, -0.2) is 20.8 Å². The van der Waals surface area contributed by atoms with E-state index in [4.69, 9.17) is 9.47 Å². The minimum Gasteiger partial charge on any atom is -0.493 e. The standard InChI is InChI=1S/C16H27NO2/c1-6-17-14(9-7-12(2)3)13-8-10-15(18-4)16(11-13)19-5/h8,10-12,14,17H,6-7,9H2,1-5H3. The summed E-state index contributed by atoms with van der Waals surface area (Å²) in [5.74, 6) is 2.30. The first-order valence-electron chi connectivity index (χ1n) is 7.07. The van der Waals surface area contributed by atoms with Crippen LogP contribution in [-0.2, 0) is 0 Å². The second kappa shape index (κ2) is 8.05. The first-order valence-corrected chi connectivity index (χ1v) is 7.07. The van der Waals surface area contributed by atoms with Gasteiger partial charge in [0.2, 0.25) is 0 Å². The summed E-state index contributed by atoms with van der Waals surface area (Å²) in [5.41, 5.74) is 1.26. The van der Waals surface area contributed by atoms with Crippen LogP contribution in [0.25, 0.3) is 0 Å². The van der Waals surface area contributed by atoms with Crippen molar-refractivity contribution in [2.45, 2.75) is 39.7 Å². The lowest BCUT2D eigenvalue weighted by Crippen LogP contribution is -2.21. The Bertz CT molecular complexity index is 377. The molecule has 1 atom stereocenters. The first-order chi connectivity index (χ1) is 9.12. The van der Waals surface area contributed by atoms with E-state index in [2.05, 4.69) is 38.2 Å². The highest BCUT2D eigenvalue weighted by molar-refractivity contribution is 5.43. The normalized spacial score (nSPS) is 12.5. The molecule has 0 spiro atoms. The summed E-state index contributed by atoms with van der Waals surface area (Å²) in [6, 6.07) is 6.56. The van der Waals surface area contributed by atoms with Crippen molar-refractivity contribution in [3.8, 4) is 11.5 Å². The molecule has 19 heavy (non-hydrogen) atoms. The van der Waals surface area contributed by atoms with Gasteiger partial charge in [0.1, 0.15) is 0 Å². The minimum absolute atomic E-state index is 0.382. The summed E-state index contributed by atoms with van der Waals surface area (Å²) in [6.07, 6.45) is 2.35. The third-order valence-corrected chi connectivity index (χ3v) is 3.29. The van der Waals surface area contributed by atoms with Crippen molar-refractivity contribution in [1.29, 1.82) is 0 Å². The first kappa shape index (κ1) is 15.8. The highest BCUT2D eigenvalue weighted by Gasteiger charge is 2.14. The second-order valence-electron chi connectivity index (χ2n) is 5.20. The fraction of sp³-hybridized carbons (Fsp3) is 0.625. The van der Waals surface area contributed by atoms with E-state index in [1.165, 1.54) is 12.0 Å². The molecule has 0 aromatic heterocycles. The van der Waals surface area contributed by atoms with Gasteiger partial charge in [-0.05, 0) is 43.0 Å². The second-order valence-corrected chi connectivity index (χ2v) is 5.20. The van der Waals surface area contributed by atoms with Gasteiger partial charge >= 0.3 is 0 Å². The van der Waals surface area contributed by atoms with E-state index in [1.807, 2.05) is 6.07 Å². The summed E-state index contributed by atoms with van der Waals surface area (Å²) in [7, 11) is 3.34. The molecule has 1 rings (SSSR count). The Morgan fingerprint density at radius 2 is 1.74 bits per heavy atom. The fourth-order valence-electron chi connectivity index (χ4n) is 2.20. The molecule has 0 aliphatic rings. The Kier molecular flexibility index (Phi) is 6.71. The van der Waals surface area contributed by atoms with Crippen LogP contribution in [0.1, 0.15) is 45.2 Å². The Hall–Kier alpha value is -1.22. The van der Waals surface area contributed by atoms with E-state index in [-0.39, 0.29) is 0 Å². The molecule has 0 fully saturated rings. The van der Waals surface area contributed by atoms with Crippen molar-refractivity contribution in [2.75, 3.05) is 20.8 Å². The van der Waals surface area contributed by atoms with Crippen molar-refractivity contribution in [3.05, 3.63) is 23.8 Å². The molecule has 1 unspecified atom stereocenters. The predicted molar refractivity (Wildman–Crippen MR) is 80.0 cm³/mol. The Morgan fingerprint density at radius 1 is 1.05 bits per heavy atom. The summed E-state index contributed by atoms with van der Waals surface area (Å²) < 4.78 is 10.7. The topological polar surface area (TPSA) is 30.5 Å². The molecule has 0 saturated carbocycles. The maximum atomic E-state index is 5.38. The summed E-state index contributed by atoms with van der Waals surface area (Å²) in [4.78, 5) is 0. The molecule has 1 N–H and O–H groups in total. The number of hydrogen-bond acceptors (Lipinski definition) is 3. The largest absolute Gasteiger partial charge is 0.493 e. The lowest BCUT2D eigenvalue weighted by molar-refractivity contribution is 0.353. The number of nitrogens with one attached hydrogen (secondary N) is 1. The van der Waals surface area contributed by atoms with Crippen LogP contribution in [0, 0.1) is 5.92 Å². The zero-order valence-electron chi connectivity index (χ0n) is 12.8. The number of hydrogen-bond donors (Lipinski definition) is 1. The van der Waals surface area contributed by atoms with Gasteiger partial charge < -0.3 is 14.8 Å². The van der Waals surface area contributed by atoms with E-state index >= 15 is 0 Å². The third kappa shape index (κ3) is 4.75. The van der Waals surface area contributed by atoms with E-state index in [0.717, 1.165) is 30.4 Å². The maximum Gasteiger partial charge on any atom is 0.161 e. The van der Waals surface area contributed by atoms with Crippen LogP contribution in [0.3, 0.4) is 0 Å². The number of ether oxygens (including phenoxy) is 2. The fourth-order valence-corrected chi connectivity index (χ4v) is 2.20. The molecular weight excluding hydrogens is 238 g/mol.